The van der Waals surface area contributed by atoms with E-state index in [0.717, 1.165) is 12.8 Å². The number of hydrazine groups is 1. The van der Waals surface area contributed by atoms with Gasteiger partial charge in [-0.15, -0.1) is 0 Å². The Hall–Kier alpha value is -1.84. The molecular formula is C19H30N2O2. The maximum absolute atomic E-state index is 12.5. The molecule has 128 valence electrons. The summed E-state index contributed by atoms with van der Waals surface area (Å²) < 4.78 is 0. The van der Waals surface area contributed by atoms with E-state index in [4.69, 9.17) is 0 Å². The van der Waals surface area contributed by atoms with Crippen molar-refractivity contribution in [1.29, 1.82) is 0 Å². The Bertz CT molecular complexity index is 527. The van der Waals surface area contributed by atoms with Crippen LogP contribution in [0.4, 0.5) is 0 Å². The number of carbonyl (C=O) groups excluding carboxylic acids is 2. The van der Waals surface area contributed by atoms with Crippen LogP contribution in [-0.2, 0) is 11.2 Å². The van der Waals surface area contributed by atoms with Gasteiger partial charge in [0, 0.05) is 12.0 Å². The third-order valence-electron chi connectivity index (χ3n) is 3.69. The lowest BCUT2D eigenvalue weighted by molar-refractivity contribution is -0.139. The van der Waals surface area contributed by atoms with Crippen molar-refractivity contribution in [3.05, 3.63) is 35.4 Å². The number of nitrogens with zero attached hydrogens (tertiary/aromatic N) is 1. The molecule has 0 aliphatic carbocycles. The monoisotopic (exact) mass is 318 g/mol. The predicted octanol–water partition coefficient (Wildman–Crippen LogP) is 3.96. The van der Waals surface area contributed by atoms with Gasteiger partial charge in [-0.2, -0.15) is 0 Å². The Labute approximate surface area is 140 Å². The van der Waals surface area contributed by atoms with Crippen LogP contribution in [0.5, 0.6) is 0 Å². The second-order valence-corrected chi connectivity index (χ2v) is 7.32. The summed E-state index contributed by atoms with van der Waals surface area (Å²) in [4.78, 5) is 24.9. The number of carbonyl (C=O) groups is 2. The molecule has 0 spiro atoms. The van der Waals surface area contributed by atoms with Gasteiger partial charge in [0.25, 0.3) is 5.91 Å². The van der Waals surface area contributed by atoms with Crippen molar-refractivity contribution in [2.75, 3.05) is 0 Å². The summed E-state index contributed by atoms with van der Waals surface area (Å²) in [5.41, 5.74) is 4.06. The summed E-state index contributed by atoms with van der Waals surface area (Å²) in [5.74, 6) is 0.156. The molecule has 1 aromatic rings. The number of hydrogen-bond donors (Lipinski definition) is 1. The number of rotatable bonds is 5. The Balaban J connectivity index is 2.83. The molecule has 1 aromatic carbocycles. The molecule has 23 heavy (non-hydrogen) atoms. The largest absolute Gasteiger partial charge is 0.273 e. The van der Waals surface area contributed by atoms with Crippen molar-refractivity contribution in [3.63, 3.8) is 0 Å². The smallest absolute Gasteiger partial charge is 0.269 e. The van der Waals surface area contributed by atoms with Gasteiger partial charge in [-0.25, -0.2) is 5.01 Å². The van der Waals surface area contributed by atoms with E-state index in [1.165, 1.54) is 10.6 Å². The second kappa shape index (κ2) is 8.14. The van der Waals surface area contributed by atoms with Crippen molar-refractivity contribution in [3.8, 4) is 0 Å². The summed E-state index contributed by atoms with van der Waals surface area (Å²) in [7, 11) is 0. The zero-order chi connectivity index (χ0) is 17.6. The first-order valence-electron chi connectivity index (χ1n) is 8.38. The van der Waals surface area contributed by atoms with E-state index in [9.17, 15) is 9.59 Å². The molecule has 4 nitrogen and oxygen atoms in total. The summed E-state index contributed by atoms with van der Waals surface area (Å²) in [6.45, 7) is 12.0. The minimum Gasteiger partial charge on any atom is -0.273 e. The fourth-order valence-electron chi connectivity index (χ4n) is 2.19. The molecule has 0 radical (unpaired) electrons. The molecule has 0 aliphatic rings. The van der Waals surface area contributed by atoms with E-state index in [1.54, 1.807) is 12.1 Å². The third kappa shape index (κ3) is 6.05. The SMILES string of the molecule is CCc1ccc(C(=O)NN(C(=O)CCC(C)C)C(C)(C)C)cc1. The van der Waals surface area contributed by atoms with E-state index in [1.807, 2.05) is 32.9 Å². The number of hydrogen-bond acceptors (Lipinski definition) is 2. The molecule has 0 aliphatic heterocycles. The molecule has 1 rings (SSSR count). The minimum atomic E-state index is -0.465. The van der Waals surface area contributed by atoms with Crippen LogP contribution in [0.2, 0.25) is 0 Å². The Morgan fingerprint density at radius 3 is 2.13 bits per heavy atom. The van der Waals surface area contributed by atoms with Crippen LogP contribution < -0.4 is 5.43 Å². The van der Waals surface area contributed by atoms with Gasteiger partial charge in [-0.05, 0) is 57.2 Å². The van der Waals surface area contributed by atoms with Gasteiger partial charge in [0.15, 0.2) is 0 Å². The molecule has 2 amide bonds. The highest BCUT2D eigenvalue weighted by Gasteiger charge is 2.28. The Morgan fingerprint density at radius 1 is 1.13 bits per heavy atom. The molecule has 4 heteroatoms. The highest BCUT2D eigenvalue weighted by molar-refractivity contribution is 5.95. The average molecular weight is 318 g/mol. The molecule has 0 saturated heterocycles. The van der Waals surface area contributed by atoms with Gasteiger partial charge in [0.1, 0.15) is 0 Å². The third-order valence-corrected chi connectivity index (χ3v) is 3.69. The van der Waals surface area contributed by atoms with Crippen LogP contribution in [-0.4, -0.2) is 22.4 Å². The summed E-state index contributed by atoms with van der Waals surface area (Å²) in [6.07, 6.45) is 2.18. The lowest BCUT2D eigenvalue weighted by Gasteiger charge is -2.35. The van der Waals surface area contributed by atoms with Crippen LogP contribution in [0.1, 0.15) is 70.3 Å². The average Bonchev–Trinajstić information content (AvgIpc) is 2.48. The summed E-state index contributed by atoms with van der Waals surface area (Å²) >= 11 is 0. The standard InChI is InChI=1S/C19H30N2O2/c1-7-15-9-11-16(12-10-15)18(23)20-21(19(4,5)6)17(22)13-8-14(2)3/h9-12,14H,7-8,13H2,1-6H3,(H,20,23). The molecule has 1 N–H and O–H groups in total. The van der Waals surface area contributed by atoms with E-state index in [0.29, 0.717) is 17.9 Å². The highest BCUT2D eigenvalue weighted by Crippen LogP contribution is 2.15. The van der Waals surface area contributed by atoms with Crippen molar-refractivity contribution < 1.29 is 9.59 Å². The molecule has 0 unspecified atom stereocenters. The maximum Gasteiger partial charge on any atom is 0.269 e. The van der Waals surface area contributed by atoms with E-state index in [2.05, 4.69) is 26.2 Å². The zero-order valence-electron chi connectivity index (χ0n) is 15.3. The zero-order valence-corrected chi connectivity index (χ0v) is 15.3. The first-order chi connectivity index (χ1) is 10.6. The lowest BCUT2D eigenvalue weighted by atomic mass is 10.0. The predicted molar refractivity (Wildman–Crippen MR) is 94.0 cm³/mol. The number of aryl methyl sites for hydroxylation is 1. The highest BCUT2D eigenvalue weighted by atomic mass is 16.2. The van der Waals surface area contributed by atoms with Crippen molar-refractivity contribution >= 4 is 11.8 Å². The molecule has 0 atom stereocenters. The summed E-state index contributed by atoms with van der Waals surface area (Å²) in [5, 5.41) is 1.46. The van der Waals surface area contributed by atoms with Gasteiger partial charge in [0.05, 0.1) is 5.54 Å². The quantitative estimate of drug-likeness (QED) is 0.836. The van der Waals surface area contributed by atoms with Gasteiger partial charge in [-0.1, -0.05) is 32.9 Å². The van der Waals surface area contributed by atoms with Gasteiger partial charge in [0.2, 0.25) is 5.91 Å². The maximum atomic E-state index is 12.5. The first kappa shape index (κ1) is 19.2. The van der Waals surface area contributed by atoms with Gasteiger partial charge >= 0.3 is 0 Å². The fourth-order valence-corrected chi connectivity index (χ4v) is 2.19. The summed E-state index contributed by atoms with van der Waals surface area (Å²) in [6, 6.07) is 7.48. The number of nitrogens with one attached hydrogen (secondary N) is 1. The second-order valence-electron chi connectivity index (χ2n) is 7.32. The van der Waals surface area contributed by atoms with Crippen LogP contribution in [0, 0.1) is 5.92 Å². The van der Waals surface area contributed by atoms with Gasteiger partial charge < -0.3 is 0 Å². The number of benzene rings is 1. The van der Waals surface area contributed by atoms with Crippen molar-refractivity contribution in [1.82, 2.24) is 10.4 Å². The number of amides is 2. The lowest BCUT2D eigenvalue weighted by Crippen LogP contribution is -2.55. The molecule has 0 fully saturated rings. The fraction of sp³-hybridized carbons (Fsp3) is 0.579. The normalized spacial score (nSPS) is 11.4. The van der Waals surface area contributed by atoms with E-state index < -0.39 is 5.54 Å². The Kier molecular flexibility index (Phi) is 6.79. The van der Waals surface area contributed by atoms with Crippen molar-refractivity contribution in [2.24, 2.45) is 5.92 Å². The van der Waals surface area contributed by atoms with E-state index in [-0.39, 0.29) is 11.8 Å². The molecule has 0 aromatic heterocycles. The minimum absolute atomic E-state index is 0.0512. The van der Waals surface area contributed by atoms with Crippen LogP contribution in [0.25, 0.3) is 0 Å². The van der Waals surface area contributed by atoms with Crippen LogP contribution >= 0.6 is 0 Å². The van der Waals surface area contributed by atoms with E-state index >= 15 is 0 Å². The van der Waals surface area contributed by atoms with Crippen LogP contribution in [0.3, 0.4) is 0 Å². The molecule has 0 heterocycles. The first-order valence-corrected chi connectivity index (χ1v) is 8.38. The van der Waals surface area contributed by atoms with Crippen molar-refractivity contribution in [2.45, 2.75) is 66.3 Å². The Morgan fingerprint density at radius 2 is 1.70 bits per heavy atom. The molecule has 0 bridgehead atoms. The van der Waals surface area contributed by atoms with Crippen LogP contribution in [0.15, 0.2) is 24.3 Å². The molecule has 0 saturated carbocycles. The molecular weight excluding hydrogens is 288 g/mol. The van der Waals surface area contributed by atoms with Gasteiger partial charge in [-0.3, -0.25) is 15.0 Å². The topological polar surface area (TPSA) is 49.4 Å².